The van der Waals surface area contributed by atoms with Gasteiger partial charge in [0.2, 0.25) is 0 Å². The molecule has 90 valence electrons. The van der Waals surface area contributed by atoms with E-state index in [-0.39, 0.29) is 12.4 Å². The fourth-order valence-electron chi connectivity index (χ4n) is 1.63. The number of phenols is 1. The monoisotopic (exact) mass is 233 g/mol. The van der Waals surface area contributed by atoms with Gasteiger partial charge in [-0.15, -0.1) is 0 Å². The molecule has 0 saturated carbocycles. The van der Waals surface area contributed by atoms with Crippen LogP contribution >= 0.6 is 0 Å². The van der Waals surface area contributed by atoms with Crippen molar-refractivity contribution in [2.75, 3.05) is 5.73 Å². The Morgan fingerprint density at radius 1 is 1.41 bits per heavy atom. The van der Waals surface area contributed by atoms with Crippen LogP contribution in [0, 0.1) is 0 Å². The van der Waals surface area contributed by atoms with Crippen molar-refractivity contribution in [3.05, 3.63) is 36.3 Å². The number of aromatic hydroxyl groups is 1. The predicted octanol–water partition coefficient (Wildman–Crippen LogP) is 1.77. The molecule has 17 heavy (non-hydrogen) atoms. The van der Waals surface area contributed by atoms with E-state index < -0.39 is 0 Å². The van der Waals surface area contributed by atoms with Crippen molar-refractivity contribution in [1.82, 2.24) is 9.55 Å². The van der Waals surface area contributed by atoms with Gasteiger partial charge in [-0.05, 0) is 19.1 Å². The molecule has 3 N–H and O–H groups in total. The van der Waals surface area contributed by atoms with Crippen LogP contribution in [0.25, 0.3) is 0 Å². The van der Waals surface area contributed by atoms with Gasteiger partial charge < -0.3 is 20.1 Å². The number of benzene rings is 1. The second kappa shape index (κ2) is 4.78. The molecule has 0 atom stereocenters. The minimum absolute atomic E-state index is 0.120. The molecule has 1 aromatic heterocycles. The van der Waals surface area contributed by atoms with E-state index in [0.717, 1.165) is 12.4 Å². The third kappa shape index (κ3) is 2.33. The average Bonchev–Trinajstić information content (AvgIpc) is 2.69. The maximum Gasteiger partial charge on any atom is 0.161 e. The van der Waals surface area contributed by atoms with E-state index in [1.165, 1.54) is 0 Å². The molecule has 0 fully saturated rings. The number of imidazole rings is 1. The van der Waals surface area contributed by atoms with Crippen molar-refractivity contribution in [2.45, 2.75) is 20.1 Å². The first-order chi connectivity index (χ1) is 8.22. The number of aromatic nitrogens is 2. The predicted molar refractivity (Wildman–Crippen MR) is 64.8 cm³/mol. The number of nitrogens with zero attached hydrogens (tertiary/aromatic N) is 2. The van der Waals surface area contributed by atoms with Gasteiger partial charge in [-0.3, -0.25) is 0 Å². The topological polar surface area (TPSA) is 73.3 Å². The molecule has 2 rings (SSSR count). The Morgan fingerprint density at radius 3 is 2.88 bits per heavy atom. The highest BCUT2D eigenvalue weighted by Crippen LogP contribution is 2.25. The molecular weight excluding hydrogens is 218 g/mol. The summed E-state index contributed by atoms with van der Waals surface area (Å²) in [6, 6.07) is 6.83. The van der Waals surface area contributed by atoms with Crippen LogP contribution in [0.15, 0.2) is 30.5 Å². The van der Waals surface area contributed by atoms with Gasteiger partial charge in [0.1, 0.15) is 18.2 Å². The van der Waals surface area contributed by atoms with Crippen LogP contribution < -0.4 is 10.5 Å². The van der Waals surface area contributed by atoms with Gasteiger partial charge in [-0.25, -0.2) is 4.98 Å². The average molecular weight is 233 g/mol. The highest BCUT2D eigenvalue weighted by atomic mass is 16.5. The largest absolute Gasteiger partial charge is 0.504 e. The molecule has 0 spiro atoms. The van der Waals surface area contributed by atoms with Gasteiger partial charge in [0.25, 0.3) is 0 Å². The van der Waals surface area contributed by atoms with Crippen LogP contribution in [0.1, 0.15) is 12.7 Å². The van der Waals surface area contributed by atoms with Crippen molar-refractivity contribution in [3.63, 3.8) is 0 Å². The first-order valence-electron chi connectivity index (χ1n) is 5.43. The third-order valence-corrected chi connectivity index (χ3v) is 2.51. The number of nitrogen functional groups attached to an aromatic ring is 1. The smallest absolute Gasteiger partial charge is 0.161 e. The summed E-state index contributed by atoms with van der Waals surface area (Å²) >= 11 is 0. The van der Waals surface area contributed by atoms with Crippen LogP contribution in [0.5, 0.6) is 11.5 Å². The van der Waals surface area contributed by atoms with Crippen LogP contribution in [-0.4, -0.2) is 14.7 Å². The number of rotatable bonds is 4. The van der Waals surface area contributed by atoms with Crippen molar-refractivity contribution in [2.24, 2.45) is 0 Å². The lowest BCUT2D eigenvalue weighted by atomic mass is 10.3. The van der Waals surface area contributed by atoms with Gasteiger partial charge in [-0.2, -0.15) is 0 Å². The summed E-state index contributed by atoms with van der Waals surface area (Å²) in [5.74, 6) is 1.92. The maximum atomic E-state index is 9.54. The Bertz CT molecular complexity index is 508. The minimum atomic E-state index is 0.120. The van der Waals surface area contributed by atoms with E-state index >= 15 is 0 Å². The zero-order valence-corrected chi connectivity index (χ0v) is 9.63. The molecule has 0 aliphatic rings. The Kier molecular flexibility index (Phi) is 3.18. The molecule has 0 radical (unpaired) electrons. The summed E-state index contributed by atoms with van der Waals surface area (Å²) in [4.78, 5) is 4.16. The molecule has 1 aromatic carbocycles. The Hall–Kier alpha value is -2.17. The first-order valence-corrected chi connectivity index (χ1v) is 5.43. The lowest BCUT2D eigenvalue weighted by Crippen LogP contribution is -2.08. The van der Waals surface area contributed by atoms with Crippen LogP contribution in [0.3, 0.4) is 0 Å². The lowest BCUT2D eigenvalue weighted by molar-refractivity contribution is 0.275. The van der Waals surface area contributed by atoms with E-state index in [9.17, 15) is 5.11 Å². The van der Waals surface area contributed by atoms with E-state index in [0.29, 0.717) is 11.6 Å². The normalized spacial score (nSPS) is 10.4. The Labute approximate surface area is 99.5 Å². The number of hydrogen-bond acceptors (Lipinski definition) is 4. The molecule has 5 nitrogen and oxygen atoms in total. The molecule has 0 unspecified atom stereocenters. The van der Waals surface area contributed by atoms with Gasteiger partial charge >= 0.3 is 0 Å². The lowest BCUT2D eigenvalue weighted by Gasteiger charge is -2.09. The summed E-state index contributed by atoms with van der Waals surface area (Å²) in [5.41, 5.74) is 5.75. The van der Waals surface area contributed by atoms with Gasteiger partial charge in [0.05, 0.1) is 6.20 Å². The fourth-order valence-corrected chi connectivity index (χ4v) is 1.63. The summed E-state index contributed by atoms with van der Waals surface area (Å²) in [7, 11) is 0. The van der Waals surface area contributed by atoms with E-state index in [2.05, 4.69) is 4.98 Å². The van der Waals surface area contributed by atoms with Crippen molar-refractivity contribution >= 4 is 5.82 Å². The van der Waals surface area contributed by atoms with Crippen molar-refractivity contribution in [3.8, 4) is 11.5 Å². The van der Waals surface area contributed by atoms with Crippen molar-refractivity contribution < 1.29 is 9.84 Å². The summed E-state index contributed by atoms with van der Waals surface area (Å²) in [6.07, 6.45) is 1.60. The van der Waals surface area contributed by atoms with Crippen LogP contribution in [0.2, 0.25) is 0 Å². The number of nitrogens with two attached hydrogens (primary N) is 1. The molecular formula is C12H15N3O2. The van der Waals surface area contributed by atoms with E-state index in [4.69, 9.17) is 10.5 Å². The molecule has 1 heterocycles. The Balaban J connectivity index is 2.10. The molecule has 0 bridgehead atoms. The zero-order chi connectivity index (χ0) is 12.3. The number of anilines is 1. The van der Waals surface area contributed by atoms with Crippen LogP contribution in [-0.2, 0) is 13.2 Å². The standard InChI is InChI=1S/C12H15N3O2/c1-2-15-11(13)7-14-12(15)8-17-10-6-4-3-5-9(10)16/h3-7,16H,2,8,13H2,1H3. The molecule has 2 aromatic rings. The SMILES string of the molecule is CCn1c(N)cnc1COc1ccccc1O. The zero-order valence-electron chi connectivity index (χ0n) is 9.63. The number of para-hydroxylation sites is 2. The summed E-state index contributed by atoms with van der Waals surface area (Å²) in [5, 5.41) is 9.54. The van der Waals surface area contributed by atoms with E-state index in [1.807, 2.05) is 11.5 Å². The Morgan fingerprint density at radius 2 is 2.18 bits per heavy atom. The number of ether oxygens (including phenoxy) is 1. The third-order valence-electron chi connectivity index (χ3n) is 2.51. The second-order valence-corrected chi connectivity index (χ2v) is 3.60. The van der Waals surface area contributed by atoms with E-state index in [1.54, 1.807) is 30.5 Å². The van der Waals surface area contributed by atoms with Gasteiger partial charge in [-0.1, -0.05) is 12.1 Å². The quantitative estimate of drug-likeness (QED) is 0.844. The van der Waals surface area contributed by atoms with Gasteiger partial charge in [0, 0.05) is 6.54 Å². The number of phenolic OH excluding ortho intramolecular Hbond substituents is 1. The molecule has 0 aliphatic carbocycles. The first kappa shape index (κ1) is 11.3. The fraction of sp³-hybridized carbons (Fsp3) is 0.250. The highest BCUT2D eigenvalue weighted by molar-refractivity contribution is 5.38. The van der Waals surface area contributed by atoms with Gasteiger partial charge in [0.15, 0.2) is 11.5 Å². The molecule has 0 aliphatic heterocycles. The molecule has 0 amide bonds. The van der Waals surface area contributed by atoms with Crippen LogP contribution in [0.4, 0.5) is 5.82 Å². The molecule has 0 saturated heterocycles. The summed E-state index contributed by atoms with van der Waals surface area (Å²) in [6.45, 7) is 3.01. The molecule has 5 heteroatoms. The van der Waals surface area contributed by atoms with Crippen molar-refractivity contribution in [1.29, 1.82) is 0 Å². The second-order valence-electron chi connectivity index (χ2n) is 3.60. The maximum absolute atomic E-state index is 9.54. The minimum Gasteiger partial charge on any atom is -0.504 e. The summed E-state index contributed by atoms with van der Waals surface area (Å²) < 4.78 is 7.35. The number of hydrogen-bond donors (Lipinski definition) is 2. The highest BCUT2D eigenvalue weighted by Gasteiger charge is 2.07.